The maximum atomic E-state index is 12.5. The smallest absolute Gasteiger partial charge is 0.143 e. The molecule has 20 heavy (non-hydrogen) atoms. The van der Waals surface area contributed by atoms with E-state index in [0.717, 1.165) is 28.7 Å². The maximum Gasteiger partial charge on any atom is 0.143 e. The van der Waals surface area contributed by atoms with Crippen molar-refractivity contribution >= 4 is 22.5 Å². The van der Waals surface area contributed by atoms with Crippen LogP contribution in [-0.4, -0.2) is 21.7 Å². The highest BCUT2D eigenvalue weighted by Gasteiger charge is 2.40. The minimum absolute atomic E-state index is 0.158. The Bertz CT molecular complexity index is 690. The van der Waals surface area contributed by atoms with E-state index in [9.17, 15) is 4.79 Å². The average molecular weight is 271 g/mol. The van der Waals surface area contributed by atoms with Crippen molar-refractivity contribution < 1.29 is 4.79 Å². The number of ketones is 1. The second-order valence-electron chi connectivity index (χ2n) is 6.35. The number of hydrogen-bond donors (Lipinski definition) is 3. The molecule has 3 N–H and O–H groups in total. The molecule has 1 aromatic carbocycles. The van der Waals surface area contributed by atoms with E-state index in [4.69, 9.17) is 5.41 Å². The number of benzene rings is 1. The molecule has 0 radical (unpaired) electrons. The Hall–Kier alpha value is -1.84. The lowest BCUT2D eigenvalue weighted by atomic mass is 9.66. The first-order chi connectivity index (χ1) is 9.43. The molecule has 3 rings (SSSR count). The molecule has 1 aliphatic carbocycles. The van der Waals surface area contributed by atoms with Gasteiger partial charge in [-0.25, -0.2) is 0 Å². The van der Waals surface area contributed by atoms with E-state index in [1.165, 1.54) is 5.56 Å². The van der Waals surface area contributed by atoms with Gasteiger partial charge in [0, 0.05) is 17.5 Å². The predicted molar refractivity (Wildman–Crippen MR) is 80.7 cm³/mol. The van der Waals surface area contributed by atoms with Gasteiger partial charge >= 0.3 is 0 Å². The van der Waals surface area contributed by atoms with Crippen molar-refractivity contribution in [3.05, 3.63) is 23.3 Å². The van der Waals surface area contributed by atoms with Crippen LogP contribution >= 0.6 is 0 Å². The standard InChI is InChI=1S/C16H21N3O/c1-4-10(17)5-9-6-15(20)16(2,3)12-8-14-13(18-19-14)7-11(9)12/h7-9,17-19H,4-6H2,1-3H3. The highest BCUT2D eigenvalue weighted by molar-refractivity contribution is 5.95. The number of fused-ring (bicyclic) bond motifs is 2. The third-order valence-electron chi connectivity index (χ3n) is 4.68. The van der Waals surface area contributed by atoms with E-state index >= 15 is 0 Å². The van der Waals surface area contributed by atoms with Crippen LogP contribution in [0.1, 0.15) is 57.1 Å². The second kappa shape index (κ2) is 4.33. The van der Waals surface area contributed by atoms with Gasteiger partial charge in [0.15, 0.2) is 0 Å². The average Bonchev–Trinajstić information content (AvgIpc) is 2.37. The molecule has 1 heterocycles. The summed E-state index contributed by atoms with van der Waals surface area (Å²) in [7, 11) is 0. The van der Waals surface area contributed by atoms with Crippen LogP contribution in [0.5, 0.6) is 0 Å². The zero-order valence-corrected chi connectivity index (χ0v) is 12.3. The van der Waals surface area contributed by atoms with Gasteiger partial charge in [-0.2, -0.15) is 0 Å². The molecule has 0 aliphatic heterocycles. The SMILES string of the molecule is CCC(=N)CC1CC(=O)C(C)(C)c2cc3[nH][nH]c3cc21. The van der Waals surface area contributed by atoms with E-state index in [1.54, 1.807) is 0 Å². The van der Waals surface area contributed by atoms with E-state index in [2.05, 4.69) is 22.3 Å². The first kappa shape index (κ1) is 13.2. The summed E-state index contributed by atoms with van der Waals surface area (Å²) in [6, 6.07) is 4.25. The van der Waals surface area contributed by atoms with Gasteiger partial charge in [-0.15, -0.1) is 0 Å². The fourth-order valence-corrected chi connectivity index (χ4v) is 3.14. The van der Waals surface area contributed by atoms with Crippen LogP contribution in [0, 0.1) is 5.41 Å². The summed E-state index contributed by atoms with van der Waals surface area (Å²) < 4.78 is 0. The Morgan fingerprint density at radius 1 is 1.35 bits per heavy atom. The summed E-state index contributed by atoms with van der Waals surface area (Å²) in [5, 5.41) is 14.1. The van der Waals surface area contributed by atoms with Crippen LogP contribution in [0.2, 0.25) is 0 Å². The Morgan fingerprint density at radius 3 is 2.60 bits per heavy atom. The molecule has 1 aromatic heterocycles. The van der Waals surface area contributed by atoms with Gasteiger partial charge in [-0.1, -0.05) is 6.92 Å². The summed E-state index contributed by atoms with van der Waals surface area (Å²) in [5.41, 5.74) is 4.82. The van der Waals surface area contributed by atoms with Crippen molar-refractivity contribution in [1.29, 1.82) is 5.41 Å². The summed E-state index contributed by atoms with van der Waals surface area (Å²) in [6.45, 7) is 6.02. The fraction of sp³-hybridized carbons (Fsp3) is 0.500. The van der Waals surface area contributed by atoms with Gasteiger partial charge in [-0.05, 0) is 55.9 Å². The Balaban J connectivity index is 2.11. The number of hydrogen-bond acceptors (Lipinski definition) is 2. The van der Waals surface area contributed by atoms with Crippen LogP contribution in [0.4, 0.5) is 0 Å². The maximum absolute atomic E-state index is 12.5. The lowest BCUT2D eigenvalue weighted by Gasteiger charge is -2.36. The molecular formula is C16H21N3O. The van der Waals surface area contributed by atoms with Crippen LogP contribution in [0.15, 0.2) is 12.1 Å². The van der Waals surface area contributed by atoms with Gasteiger partial charge in [0.2, 0.25) is 0 Å². The van der Waals surface area contributed by atoms with Gasteiger partial charge in [0.05, 0.1) is 11.0 Å². The molecule has 1 unspecified atom stereocenters. The molecule has 1 aliphatic rings. The quantitative estimate of drug-likeness (QED) is 0.732. The lowest BCUT2D eigenvalue weighted by molar-refractivity contribution is -0.124. The lowest BCUT2D eigenvalue weighted by Crippen LogP contribution is -2.36. The molecule has 1 atom stereocenters. The number of H-pyrrole nitrogens is 2. The van der Waals surface area contributed by atoms with Gasteiger partial charge < -0.3 is 5.41 Å². The summed E-state index contributed by atoms with van der Waals surface area (Å²) in [6.07, 6.45) is 2.00. The number of aromatic nitrogens is 2. The second-order valence-corrected chi connectivity index (χ2v) is 6.35. The largest absolute Gasteiger partial charge is 0.310 e. The van der Waals surface area contributed by atoms with E-state index in [0.29, 0.717) is 12.8 Å². The van der Waals surface area contributed by atoms with E-state index < -0.39 is 5.41 Å². The Labute approximate surface area is 118 Å². The minimum Gasteiger partial charge on any atom is -0.310 e. The number of rotatable bonds is 3. The first-order valence-corrected chi connectivity index (χ1v) is 7.23. The molecule has 0 fully saturated rings. The third kappa shape index (κ3) is 1.82. The van der Waals surface area contributed by atoms with Crippen molar-refractivity contribution in [3.63, 3.8) is 0 Å². The van der Waals surface area contributed by atoms with Crippen LogP contribution < -0.4 is 0 Å². The fourth-order valence-electron chi connectivity index (χ4n) is 3.14. The highest BCUT2D eigenvalue weighted by atomic mass is 16.1. The van der Waals surface area contributed by atoms with Crippen LogP contribution in [-0.2, 0) is 10.2 Å². The van der Waals surface area contributed by atoms with Crippen LogP contribution in [0.25, 0.3) is 11.0 Å². The predicted octanol–water partition coefficient (Wildman–Crippen LogP) is 3.65. The first-order valence-electron chi connectivity index (χ1n) is 7.23. The molecular weight excluding hydrogens is 250 g/mol. The highest BCUT2D eigenvalue weighted by Crippen LogP contribution is 2.43. The number of carbonyl (C=O) groups is 1. The summed E-state index contributed by atoms with van der Waals surface area (Å²) >= 11 is 0. The zero-order valence-electron chi connectivity index (χ0n) is 12.3. The summed E-state index contributed by atoms with van der Waals surface area (Å²) in [5.74, 6) is 0.441. The van der Waals surface area contributed by atoms with Crippen molar-refractivity contribution in [2.45, 2.75) is 51.4 Å². The van der Waals surface area contributed by atoms with Crippen LogP contribution in [0.3, 0.4) is 0 Å². The molecule has 0 amide bonds. The number of carbonyl (C=O) groups excluding carboxylic acids is 1. The molecule has 4 nitrogen and oxygen atoms in total. The monoisotopic (exact) mass is 271 g/mol. The number of nitrogens with one attached hydrogen (secondary N) is 3. The van der Waals surface area contributed by atoms with E-state index in [-0.39, 0.29) is 11.7 Å². The van der Waals surface area contributed by atoms with Crippen molar-refractivity contribution in [2.24, 2.45) is 0 Å². The summed E-state index contributed by atoms with van der Waals surface area (Å²) in [4.78, 5) is 12.5. The van der Waals surface area contributed by atoms with Crippen molar-refractivity contribution in [1.82, 2.24) is 10.2 Å². The van der Waals surface area contributed by atoms with Crippen molar-refractivity contribution in [2.75, 3.05) is 0 Å². The van der Waals surface area contributed by atoms with Gasteiger partial charge in [0.25, 0.3) is 0 Å². The molecule has 0 bridgehead atoms. The molecule has 4 heteroatoms. The topological polar surface area (TPSA) is 72.5 Å². The molecule has 0 saturated heterocycles. The molecule has 0 saturated carbocycles. The molecule has 106 valence electrons. The number of Topliss-reactive ketones (excluding diaryl/α,β-unsaturated/α-hetero) is 1. The Kier molecular flexibility index (Phi) is 2.85. The molecule has 2 aromatic rings. The van der Waals surface area contributed by atoms with Crippen molar-refractivity contribution in [3.8, 4) is 0 Å². The number of aromatic amines is 2. The normalized spacial score (nSPS) is 21.1. The van der Waals surface area contributed by atoms with E-state index in [1.807, 2.05) is 20.8 Å². The van der Waals surface area contributed by atoms with Gasteiger partial charge in [-0.3, -0.25) is 15.0 Å². The van der Waals surface area contributed by atoms with Gasteiger partial charge in [0.1, 0.15) is 5.78 Å². The molecule has 0 spiro atoms. The zero-order chi connectivity index (χ0) is 14.5. The minimum atomic E-state index is -0.424. The Morgan fingerprint density at radius 2 is 2.00 bits per heavy atom. The third-order valence-corrected chi connectivity index (χ3v) is 4.68.